The van der Waals surface area contributed by atoms with E-state index >= 15 is 0 Å². The molecule has 7 heteroatoms. The highest BCUT2D eigenvalue weighted by atomic mass is 32.1. The van der Waals surface area contributed by atoms with Crippen LogP contribution in [-0.4, -0.2) is 22.0 Å². The van der Waals surface area contributed by atoms with Crippen molar-refractivity contribution in [3.63, 3.8) is 0 Å². The monoisotopic (exact) mass is 357 g/mol. The van der Waals surface area contributed by atoms with Gasteiger partial charge in [0.05, 0.1) is 10.9 Å². The molecule has 0 aliphatic heterocycles. The fourth-order valence-electron chi connectivity index (χ4n) is 2.52. The van der Waals surface area contributed by atoms with Crippen molar-refractivity contribution in [3.05, 3.63) is 74.5 Å². The minimum absolute atomic E-state index is 0.206. The number of aromatic amines is 1. The summed E-state index contributed by atoms with van der Waals surface area (Å²) in [7, 11) is 1.59. The summed E-state index contributed by atoms with van der Waals surface area (Å²) in [5, 5.41) is 3.28. The molecule has 0 atom stereocenters. The van der Waals surface area contributed by atoms with Crippen LogP contribution in [0.5, 0.6) is 0 Å². The molecule has 0 aliphatic rings. The predicted molar refractivity (Wildman–Crippen MR) is 96.8 cm³/mol. The van der Waals surface area contributed by atoms with E-state index in [0.717, 1.165) is 5.56 Å². The van der Waals surface area contributed by atoms with Crippen molar-refractivity contribution < 1.29 is 9.18 Å². The van der Waals surface area contributed by atoms with Crippen LogP contribution in [0.2, 0.25) is 0 Å². The maximum absolute atomic E-state index is 12.9. The van der Waals surface area contributed by atoms with Gasteiger partial charge in [-0.3, -0.25) is 14.2 Å². The number of fused-ring (bicyclic) bond motifs is 1. The summed E-state index contributed by atoms with van der Waals surface area (Å²) in [6, 6.07) is 11.0. The fraction of sp³-hybridized carbons (Fsp3) is 0.167. The van der Waals surface area contributed by atoms with Crippen molar-refractivity contribution in [2.45, 2.75) is 6.42 Å². The van der Waals surface area contributed by atoms with Crippen LogP contribution in [0.25, 0.3) is 10.9 Å². The molecule has 5 nitrogen and oxygen atoms in total. The SMILES string of the molecule is Cn1c(=S)[nH]c2cc(C(=O)NCCc3ccc(F)cc3)ccc2c1=O. The van der Waals surface area contributed by atoms with E-state index in [0.29, 0.717) is 34.2 Å². The molecule has 3 rings (SSSR count). The van der Waals surface area contributed by atoms with Crippen molar-refractivity contribution in [3.8, 4) is 0 Å². The predicted octanol–water partition coefficient (Wildman–Crippen LogP) is 2.71. The molecule has 1 amide bonds. The van der Waals surface area contributed by atoms with E-state index < -0.39 is 0 Å². The smallest absolute Gasteiger partial charge is 0.261 e. The average molecular weight is 357 g/mol. The highest BCUT2D eigenvalue weighted by Gasteiger charge is 2.09. The molecule has 0 bridgehead atoms. The molecule has 0 spiro atoms. The molecule has 0 saturated heterocycles. The molecule has 2 aromatic carbocycles. The lowest BCUT2D eigenvalue weighted by Crippen LogP contribution is -2.26. The van der Waals surface area contributed by atoms with Crippen molar-refractivity contribution in [2.24, 2.45) is 7.05 Å². The number of rotatable bonds is 4. The third-order valence-corrected chi connectivity index (χ3v) is 4.35. The Bertz CT molecular complexity index is 1050. The van der Waals surface area contributed by atoms with E-state index in [1.165, 1.54) is 16.7 Å². The van der Waals surface area contributed by atoms with Crippen LogP contribution < -0.4 is 10.9 Å². The number of aromatic nitrogens is 2. The maximum atomic E-state index is 12.9. The van der Waals surface area contributed by atoms with E-state index in [1.54, 1.807) is 37.4 Å². The van der Waals surface area contributed by atoms with Crippen LogP contribution in [0, 0.1) is 10.6 Å². The van der Waals surface area contributed by atoms with Gasteiger partial charge in [0.25, 0.3) is 11.5 Å². The lowest BCUT2D eigenvalue weighted by atomic mass is 10.1. The maximum Gasteiger partial charge on any atom is 0.261 e. The zero-order valence-electron chi connectivity index (χ0n) is 13.5. The molecular formula is C18H16FN3O2S. The zero-order chi connectivity index (χ0) is 18.0. The first-order valence-electron chi connectivity index (χ1n) is 7.71. The van der Waals surface area contributed by atoms with Gasteiger partial charge in [-0.1, -0.05) is 12.1 Å². The molecule has 0 saturated carbocycles. The second-order valence-corrected chi connectivity index (χ2v) is 6.07. The second-order valence-electron chi connectivity index (χ2n) is 5.69. The molecule has 128 valence electrons. The quantitative estimate of drug-likeness (QED) is 0.706. The van der Waals surface area contributed by atoms with Gasteiger partial charge in [0.15, 0.2) is 4.77 Å². The second kappa shape index (κ2) is 6.98. The molecule has 0 radical (unpaired) electrons. The largest absolute Gasteiger partial charge is 0.352 e. The van der Waals surface area contributed by atoms with Gasteiger partial charge in [-0.2, -0.15) is 0 Å². The summed E-state index contributed by atoms with van der Waals surface area (Å²) in [5.74, 6) is -0.531. The number of halogens is 1. The molecule has 0 unspecified atom stereocenters. The highest BCUT2D eigenvalue weighted by Crippen LogP contribution is 2.10. The zero-order valence-corrected chi connectivity index (χ0v) is 14.3. The van der Waals surface area contributed by atoms with Crippen LogP contribution in [0.15, 0.2) is 47.3 Å². The number of amides is 1. The molecule has 1 aromatic heterocycles. The van der Waals surface area contributed by atoms with Crippen LogP contribution in [0.4, 0.5) is 4.39 Å². The first-order chi connectivity index (χ1) is 12.0. The Morgan fingerprint density at radius 3 is 2.68 bits per heavy atom. The van der Waals surface area contributed by atoms with Crippen LogP contribution in [0.1, 0.15) is 15.9 Å². The molecule has 0 aliphatic carbocycles. The Morgan fingerprint density at radius 2 is 1.96 bits per heavy atom. The van der Waals surface area contributed by atoms with Crippen LogP contribution >= 0.6 is 12.2 Å². The third kappa shape index (κ3) is 3.66. The third-order valence-electron chi connectivity index (χ3n) is 3.98. The van der Waals surface area contributed by atoms with Crippen molar-refractivity contribution in [2.75, 3.05) is 6.54 Å². The Balaban J connectivity index is 1.74. The highest BCUT2D eigenvalue weighted by molar-refractivity contribution is 7.71. The number of carbonyl (C=O) groups excluding carboxylic acids is 1. The first kappa shape index (κ1) is 17.0. The molecule has 25 heavy (non-hydrogen) atoms. The van der Waals surface area contributed by atoms with Crippen molar-refractivity contribution in [1.29, 1.82) is 0 Å². The number of H-pyrrole nitrogens is 1. The van der Waals surface area contributed by atoms with E-state index in [-0.39, 0.29) is 17.3 Å². The Kier molecular flexibility index (Phi) is 4.76. The van der Waals surface area contributed by atoms with Gasteiger partial charge in [0.2, 0.25) is 0 Å². The van der Waals surface area contributed by atoms with Gasteiger partial charge >= 0.3 is 0 Å². The average Bonchev–Trinajstić information content (AvgIpc) is 2.61. The normalized spacial score (nSPS) is 10.8. The lowest BCUT2D eigenvalue weighted by molar-refractivity contribution is 0.0954. The van der Waals surface area contributed by atoms with E-state index in [4.69, 9.17) is 12.2 Å². The summed E-state index contributed by atoms with van der Waals surface area (Å²) in [6.07, 6.45) is 0.600. The summed E-state index contributed by atoms with van der Waals surface area (Å²) in [6.45, 7) is 0.426. The van der Waals surface area contributed by atoms with Gasteiger partial charge in [-0.05, 0) is 54.5 Å². The van der Waals surface area contributed by atoms with Crippen LogP contribution in [0.3, 0.4) is 0 Å². The summed E-state index contributed by atoms with van der Waals surface area (Å²) in [4.78, 5) is 27.4. The van der Waals surface area contributed by atoms with Gasteiger partial charge in [-0.25, -0.2) is 4.39 Å². The number of hydrogen-bond acceptors (Lipinski definition) is 3. The lowest BCUT2D eigenvalue weighted by Gasteiger charge is -2.07. The van der Waals surface area contributed by atoms with Gasteiger partial charge in [-0.15, -0.1) is 0 Å². The summed E-state index contributed by atoms with van der Waals surface area (Å²) >= 11 is 5.09. The first-order valence-corrected chi connectivity index (χ1v) is 8.12. The fourth-order valence-corrected chi connectivity index (χ4v) is 2.71. The topological polar surface area (TPSA) is 66.9 Å². The number of nitrogens with one attached hydrogen (secondary N) is 2. The minimum atomic E-state index is -0.285. The number of carbonyl (C=O) groups is 1. The van der Waals surface area contributed by atoms with Crippen LogP contribution in [-0.2, 0) is 13.5 Å². The molecule has 0 fully saturated rings. The Hall–Kier alpha value is -2.80. The Morgan fingerprint density at radius 1 is 1.24 bits per heavy atom. The van der Waals surface area contributed by atoms with E-state index in [2.05, 4.69) is 10.3 Å². The van der Waals surface area contributed by atoms with Crippen molar-refractivity contribution in [1.82, 2.24) is 14.9 Å². The summed E-state index contributed by atoms with van der Waals surface area (Å²) in [5.41, 5.74) is 1.69. The number of nitrogens with zero attached hydrogens (tertiary/aromatic N) is 1. The van der Waals surface area contributed by atoms with E-state index in [9.17, 15) is 14.0 Å². The molecule has 2 N–H and O–H groups in total. The molecule has 1 heterocycles. The van der Waals surface area contributed by atoms with E-state index in [1.807, 2.05) is 0 Å². The molecular weight excluding hydrogens is 341 g/mol. The Labute approximate surface area is 148 Å². The van der Waals surface area contributed by atoms with Gasteiger partial charge < -0.3 is 10.3 Å². The number of benzene rings is 2. The van der Waals surface area contributed by atoms with Gasteiger partial charge in [0.1, 0.15) is 5.82 Å². The molecule has 3 aromatic rings. The summed E-state index contributed by atoms with van der Waals surface area (Å²) < 4.78 is 14.5. The standard InChI is InChI=1S/C18H16FN3O2S/c1-22-17(24)14-7-4-12(10-15(14)21-18(22)25)16(23)20-9-8-11-2-5-13(19)6-3-11/h2-7,10H,8-9H2,1H3,(H,20,23)(H,21,25). The minimum Gasteiger partial charge on any atom is -0.352 e. The van der Waals surface area contributed by atoms with Crippen molar-refractivity contribution >= 4 is 29.0 Å². The van der Waals surface area contributed by atoms with Gasteiger partial charge in [0, 0.05) is 19.2 Å². The number of hydrogen-bond donors (Lipinski definition) is 2.